The van der Waals surface area contributed by atoms with Gasteiger partial charge in [0.25, 0.3) is 0 Å². The maximum atomic E-state index is 11.5. The molecule has 0 aliphatic heterocycles. The van der Waals surface area contributed by atoms with E-state index in [1.165, 1.54) is 16.7 Å². The van der Waals surface area contributed by atoms with Gasteiger partial charge in [0, 0.05) is 13.0 Å². The number of nitrogens with one attached hydrogen (secondary N) is 1. The van der Waals surface area contributed by atoms with Crippen molar-refractivity contribution in [1.82, 2.24) is 5.32 Å². The van der Waals surface area contributed by atoms with Crippen LogP contribution < -0.4 is 5.32 Å². The molecule has 0 atom stereocenters. The van der Waals surface area contributed by atoms with Gasteiger partial charge in [-0.3, -0.25) is 4.79 Å². The molecule has 0 radical (unpaired) electrons. The summed E-state index contributed by atoms with van der Waals surface area (Å²) < 4.78 is 5.04. The molecule has 19 heavy (non-hydrogen) atoms. The second-order valence-electron chi connectivity index (χ2n) is 4.62. The largest absolute Gasteiger partial charge is 0.394 e. The average molecular weight is 265 g/mol. The van der Waals surface area contributed by atoms with Crippen LogP contribution in [-0.4, -0.2) is 37.4 Å². The van der Waals surface area contributed by atoms with E-state index in [0.29, 0.717) is 19.6 Å². The third-order valence-corrected chi connectivity index (χ3v) is 2.93. The molecule has 1 aromatic rings. The fourth-order valence-electron chi connectivity index (χ4n) is 1.83. The molecule has 4 nitrogen and oxygen atoms in total. The lowest BCUT2D eigenvalue weighted by Crippen LogP contribution is -2.26. The van der Waals surface area contributed by atoms with Crippen molar-refractivity contribution in [2.45, 2.75) is 26.7 Å². The van der Waals surface area contributed by atoms with Crippen LogP contribution in [-0.2, 0) is 16.0 Å². The standard InChI is InChI=1S/C15H23NO3/c1-12-3-4-13(2)14(11-12)5-7-16-15(18)6-9-19-10-8-17/h3-4,11,17H,5-10H2,1-2H3,(H,16,18). The first-order valence-electron chi connectivity index (χ1n) is 6.65. The Morgan fingerprint density at radius 2 is 2.11 bits per heavy atom. The lowest BCUT2D eigenvalue weighted by atomic mass is 10.0. The lowest BCUT2D eigenvalue weighted by molar-refractivity contribution is -0.122. The highest BCUT2D eigenvalue weighted by molar-refractivity contribution is 5.75. The minimum atomic E-state index is -0.0109. The number of hydrogen-bond acceptors (Lipinski definition) is 3. The first-order valence-corrected chi connectivity index (χ1v) is 6.65. The maximum absolute atomic E-state index is 11.5. The van der Waals surface area contributed by atoms with Gasteiger partial charge in [-0.25, -0.2) is 0 Å². The first-order chi connectivity index (χ1) is 9.13. The molecule has 1 amide bonds. The van der Waals surface area contributed by atoms with Crippen molar-refractivity contribution in [3.8, 4) is 0 Å². The molecular weight excluding hydrogens is 242 g/mol. The summed E-state index contributed by atoms with van der Waals surface area (Å²) in [4.78, 5) is 11.5. The minimum Gasteiger partial charge on any atom is -0.394 e. The van der Waals surface area contributed by atoms with E-state index in [1.807, 2.05) is 0 Å². The number of aryl methyl sites for hydroxylation is 2. The number of carbonyl (C=O) groups is 1. The molecule has 0 spiro atoms. The van der Waals surface area contributed by atoms with Gasteiger partial charge in [0.05, 0.1) is 19.8 Å². The van der Waals surface area contributed by atoms with Crippen LogP contribution in [0.4, 0.5) is 0 Å². The Kier molecular flexibility index (Phi) is 7.15. The molecule has 2 N–H and O–H groups in total. The Hall–Kier alpha value is -1.39. The van der Waals surface area contributed by atoms with Gasteiger partial charge >= 0.3 is 0 Å². The number of hydrogen-bond donors (Lipinski definition) is 2. The van der Waals surface area contributed by atoms with Crippen molar-refractivity contribution in [2.75, 3.05) is 26.4 Å². The fraction of sp³-hybridized carbons (Fsp3) is 0.533. The number of ether oxygens (including phenoxy) is 1. The highest BCUT2D eigenvalue weighted by atomic mass is 16.5. The lowest BCUT2D eigenvalue weighted by Gasteiger charge is -2.08. The molecule has 0 saturated carbocycles. The number of amides is 1. The van der Waals surface area contributed by atoms with Gasteiger partial charge < -0.3 is 15.2 Å². The number of carbonyl (C=O) groups excluding carboxylic acids is 1. The molecule has 4 heteroatoms. The van der Waals surface area contributed by atoms with Crippen LogP contribution >= 0.6 is 0 Å². The van der Waals surface area contributed by atoms with Crippen LogP contribution in [0.1, 0.15) is 23.1 Å². The van der Waals surface area contributed by atoms with Gasteiger partial charge in [-0.2, -0.15) is 0 Å². The summed E-state index contributed by atoms with van der Waals surface area (Å²) >= 11 is 0. The summed E-state index contributed by atoms with van der Waals surface area (Å²) in [5, 5.41) is 11.4. The zero-order valence-electron chi connectivity index (χ0n) is 11.7. The van der Waals surface area contributed by atoms with Crippen molar-refractivity contribution in [3.63, 3.8) is 0 Å². The van der Waals surface area contributed by atoms with E-state index in [4.69, 9.17) is 9.84 Å². The van der Waals surface area contributed by atoms with E-state index in [-0.39, 0.29) is 19.1 Å². The number of aliphatic hydroxyl groups excluding tert-OH is 1. The topological polar surface area (TPSA) is 58.6 Å². The summed E-state index contributed by atoms with van der Waals surface area (Å²) in [5.74, 6) is -0.0109. The zero-order valence-corrected chi connectivity index (χ0v) is 11.7. The van der Waals surface area contributed by atoms with E-state index in [0.717, 1.165) is 6.42 Å². The maximum Gasteiger partial charge on any atom is 0.222 e. The van der Waals surface area contributed by atoms with E-state index >= 15 is 0 Å². The summed E-state index contributed by atoms with van der Waals surface area (Å²) in [6.07, 6.45) is 1.18. The Morgan fingerprint density at radius 1 is 1.32 bits per heavy atom. The quantitative estimate of drug-likeness (QED) is 0.698. The minimum absolute atomic E-state index is 0.00570. The fourth-order valence-corrected chi connectivity index (χ4v) is 1.83. The van der Waals surface area contributed by atoms with Gasteiger partial charge in [0.1, 0.15) is 0 Å². The third-order valence-electron chi connectivity index (χ3n) is 2.93. The van der Waals surface area contributed by atoms with Crippen LogP contribution in [0.2, 0.25) is 0 Å². The van der Waals surface area contributed by atoms with Crippen LogP contribution in [0.25, 0.3) is 0 Å². The van der Waals surface area contributed by atoms with Crippen LogP contribution in [0.5, 0.6) is 0 Å². The van der Waals surface area contributed by atoms with E-state index < -0.39 is 0 Å². The van der Waals surface area contributed by atoms with E-state index in [9.17, 15) is 4.79 Å². The first kappa shape index (κ1) is 15.7. The predicted octanol–water partition coefficient (Wildman–Crippen LogP) is 1.36. The number of benzene rings is 1. The van der Waals surface area contributed by atoms with E-state index in [1.54, 1.807) is 0 Å². The highest BCUT2D eigenvalue weighted by Crippen LogP contribution is 2.10. The van der Waals surface area contributed by atoms with E-state index in [2.05, 4.69) is 37.4 Å². The summed E-state index contributed by atoms with van der Waals surface area (Å²) in [7, 11) is 0. The Morgan fingerprint density at radius 3 is 2.84 bits per heavy atom. The molecular formula is C15H23NO3. The van der Waals surface area contributed by atoms with Crippen molar-refractivity contribution >= 4 is 5.91 Å². The molecule has 0 aliphatic rings. The smallest absolute Gasteiger partial charge is 0.222 e. The summed E-state index contributed by atoms with van der Waals surface area (Å²) in [6.45, 7) is 5.43. The van der Waals surface area contributed by atoms with Gasteiger partial charge in [-0.1, -0.05) is 23.8 Å². The Bertz CT molecular complexity index is 404. The molecule has 0 unspecified atom stereocenters. The number of aliphatic hydroxyl groups is 1. The van der Waals surface area contributed by atoms with Crippen LogP contribution in [0, 0.1) is 13.8 Å². The number of rotatable bonds is 8. The summed E-state index contributed by atoms with van der Waals surface area (Å²) in [6, 6.07) is 6.36. The molecule has 0 fully saturated rings. The molecule has 0 bridgehead atoms. The SMILES string of the molecule is Cc1ccc(C)c(CCNC(=O)CCOCCO)c1. The normalized spacial score (nSPS) is 10.5. The second-order valence-corrected chi connectivity index (χ2v) is 4.62. The molecule has 0 aromatic heterocycles. The Labute approximate surface area is 114 Å². The second kappa shape index (κ2) is 8.67. The van der Waals surface area contributed by atoms with Crippen LogP contribution in [0.15, 0.2) is 18.2 Å². The Balaban J connectivity index is 2.22. The van der Waals surface area contributed by atoms with Crippen molar-refractivity contribution < 1.29 is 14.6 Å². The summed E-state index contributed by atoms with van der Waals surface area (Å²) in [5.41, 5.74) is 3.77. The molecule has 1 aromatic carbocycles. The van der Waals surface area contributed by atoms with Gasteiger partial charge in [0.15, 0.2) is 0 Å². The van der Waals surface area contributed by atoms with Gasteiger partial charge in [-0.05, 0) is 31.4 Å². The third kappa shape index (κ3) is 6.36. The zero-order chi connectivity index (χ0) is 14.1. The van der Waals surface area contributed by atoms with Crippen molar-refractivity contribution in [2.24, 2.45) is 0 Å². The van der Waals surface area contributed by atoms with Crippen LogP contribution in [0.3, 0.4) is 0 Å². The van der Waals surface area contributed by atoms with Gasteiger partial charge in [0.2, 0.25) is 5.91 Å². The van der Waals surface area contributed by atoms with Crippen molar-refractivity contribution in [1.29, 1.82) is 0 Å². The molecule has 1 rings (SSSR count). The molecule has 0 saturated heterocycles. The average Bonchev–Trinajstić information content (AvgIpc) is 2.39. The van der Waals surface area contributed by atoms with Gasteiger partial charge in [-0.15, -0.1) is 0 Å². The molecule has 0 aliphatic carbocycles. The van der Waals surface area contributed by atoms with Crippen molar-refractivity contribution in [3.05, 3.63) is 34.9 Å². The molecule has 106 valence electrons. The molecule has 0 heterocycles. The predicted molar refractivity (Wildman–Crippen MR) is 75.2 cm³/mol. The monoisotopic (exact) mass is 265 g/mol. The highest BCUT2D eigenvalue weighted by Gasteiger charge is 2.02.